The number of benzene rings is 1. The average Bonchev–Trinajstić information content (AvgIpc) is 3.19. The molecule has 1 aromatic carbocycles. The van der Waals surface area contributed by atoms with Crippen molar-refractivity contribution in [3.8, 4) is 10.6 Å². The molecular formula is C18H16FN3O3S2. The molecule has 0 unspecified atom stereocenters. The van der Waals surface area contributed by atoms with Gasteiger partial charge in [0.25, 0.3) is 0 Å². The molecular weight excluding hydrogens is 389 g/mol. The summed E-state index contributed by atoms with van der Waals surface area (Å²) in [6, 6.07) is 12.0. The monoisotopic (exact) mass is 405 g/mol. The molecule has 6 nitrogen and oxygen atoms in total. The molecule has 0 saturated heterocycles. The van der Waals surface area contributed by atoms with E-state index >= 15 is 0 Å². The molecule has 2 N–H and O–H groups in total. The van der Waals surface area contributed by atoms with Crippen molar-refractivity contribution in [1.82, 2.24) is 15.0 Å². The highest BCUT2D eigenvalue weighted by molar-refractivity contribution is 7.89. The maximum atomic E-state index is 13.2. The fraction of sp³-hybridized carbons (Fsp3) is 0.111. The fourth-order valence-electron chi connectivity index (χ4n) is 2.35. The zero-order valence-electron chi connectivity index (χ0n) is 14.1. The summed E-state index contributed by atoms with van der Waals surface area (Å²) in [5.74, 6) is -1.17. The molecule has 0 aliphatic rings. The highest BCUT2D eigenvalue weighted by Gasteiger charge is 2.16. The maximum Gasteiger partial charge on any atom is 0.241 e. The van der Waals surface area contributed by atoms with Gasteiger partial charge in [-0.15, -0.1) is 11.3 Å². The second-order valence-electron chi connectivity index (χ2n) is 5.55. The van der Waals surface area contributed by atoms with Crippen molar-refractivity contribution in [2.45, 2.75) is 11.4 Å². The Balaban J connectivity index is 1.60. The molecule has 3 aromatic rings. The Bertz CT molecular complexity index is 1040. The fourth-order valence-corrected chi connectivity index (χ4v) is 4.12. The van der Waals surface area contributed by atoms with Gasteiger partial charge in [-0.2, -0.15) is 0 Å². The average molecular weight is 405 g/mol. The number of carbonyl (C=O) groups excluding carboxylic acids is 1. The Hall–Kier alpha value is -2.62. The van der Waals surface area contributed by atoms with E-state index in [1.54, 1.807) is 12.3 Å². The Morgan fingerprint density at radius 2 is 2.00 bits per heavy atom. The number of hydrogen-bond donors (Lipinski definition) is 2. The number of aromatic nitrogens is 1. The van der Waals surface area contributed by atoms with Crippen LogP contribution in [0, 0.1) is 5.82 Å². The number of halogens is 1. The van der Waals surface area contributed by atoms with E-state index in [0.717, 1.165) is 28.3 Å². The van der Waals surface area contributed by atoms with Gasteiger partial charge in [-0.1, -0.05) is 18.2 Å². The Labute approximate surface area is 160 Å². The largest absolute Gasteiger partial charge is 0.351 e. The molecule has 0 aliphatic carbocycles. The van der Waals surface area contributed by atoms with Gasteiger partial charge < -0.3 is 5.32 Å². The first-order valence-electron chi connectivity index (χ1n) is 7.95. The first-order chi connectivity index (χ1) is 13.0. The molecule has 2 heterocycles. The summed E-state index contributed by atoms with van der Waals surface area (Å²) in [5, 5.41) is 4.60. The summed E-state index contributed by atoms with van der Waals surface area (Å²) in [5.41, 5.74) is 1.59. The summed E-state index contributed by atoms with van der Waals surface area (Å²) in [7, 11) is -3.97. The first-order valence-corrected chi connectivity index (χ1v) is 10.3. The molecule has 0 atom stereocenters. The molecule has 0 aliphatic heterocycles. The van der Waals surface area contributed by atoms with Crippen molar-refractivity contribution >= 4 is 27.3 Å². The van der Waals surface area contributed by atoms with Crippen LogP contribution in [-0.2, 0) is 21.4 Å². The highest BCUT2D eigenvalue weighted by Crippen LogP contribution is 2.25. The van der Waals surface area contributed by atoms with Crippen LogP contribution in [0.4, 0.5) is 4.39 Å². The van der Waals surface area contributed by atoms with E-state index < -0.39 is 28.3 Å². The summed E-state index contributed by atoms with van der Waals surface area (Å²) in [4.78, 5) is 17.1. The second kappa shape index (κ2) is 8.38. The predicted octanol–water partition coefficient (Wildman–Crippen LogP) is 2.54. The molecule has 140 valence electrons. The first kappa shape index (κ1) is 19.2. The highest BCUT2D eigenvalue weighted by atomic mass is 32.2. The van der Waals surface area contributed by atoms with Gasteiger partial charge in [-0.3, -0.25) is 9.78 Å². The van der Waals surface area contributed by atoms with E-state index in [2.05, 4.69) is 15.0 Å². The molecule has 9 heteroatoms. The lowest BCUT2D eigenvalue weighted by Crippen LogP contribution is -2.36. The molecule has 0 fully saturated rings. The van der Waals surface area contributed by atoms with Crippen LogP contribution >= 0.6 is 11.3 Å². The molecule has 0 spiro atoms. The number of sulfonamides is 1. The zero-order valence-corrected chi connectivity index (χ0v) is 15.7. The van der Waals surface area contributed by atoms with Crippen molar-refractivity contribution in [2.24, 2.45) is 0 Å². The van der Waals surface area contributed by atoms with E-state index in [9.17, 15) is 17.6 Å². The third kappa shape index (κ3) is 4.97. The topological polar surface area (TPSA) is 88.2 Å². The smallest absolute Gasteiger partial charge is 0.241 e. The summed E-state index contributed by atoms with van der Waals surface area (Å²) in [6.07, 6.45) is 1.67. The van der Waals surface area contributed by atoms with Crippen molar-refractivity contribution in [2.75, 3.05) is 6.54 Å². The molecule has 3 rings (SSSR count). The Kier molecular flexibility index (Phi) is 5.94. The van der Waals surface area contributed by atoms with Crippen molar-refractivity contribution < 1.29 is 17.6 Å². The molecule has 1 amide bonds. The number of rotatable bonds is 7. The van der Waals surface area contributed by atoms with Crippen LogP contribution in [0.25, 0.3) is 10.6 Å². The molecule has 27 heavy (non-hydrogen) atoms. The van der Waals surface area contributed by atoms with E-state index in [1.807, 2.05) is 23.6 Å². The lowest BCUT2D eigenvalue weighted by atomic mass is 10.1. The minimum Gasteiger partial charge on any atom is -0.351 e. The van der Waals surface area contributed by atoms with Crippen LogP contribution in [0.5, 0.6) is 0 Å². The normalized spacial score (nSPS) is 11.3. The second-order valence-corrected chi connectivity index (χ2v) is 8.26. The van der Waals surface area contributed by atoms with E-state index in [0.29, 0.717) is 0 Å². The Morgan fingerprint density at radius 1 is 1.15 bits per heavy atom. The third-order valence-electron chi connectivity index (χ3n) is 3.65. The van der Waals surface area contributed by atoms with Gasteiger partial charge in [0.05, 0.1) is 22.0 Å². The van der Waals surface area contributed by atoms with Crippen LogP contribution < -0.4 is 10.0 Å². The standard InChI is InChI=1S/C18H16FN3O3S2/c19-14-5-1-6-15(10-14)27(24,25)22-12-17(23)21-11-13-4-2-8-20-18(13)16-7-3-9-26-16/h1-10,22H,11-12H2,(H,21,23). The molecule has 0 bridgehead atoms. The molecule has 2 aromatic heterocycles. The van der Waals surface area contributed by atoms with Crippen LogP contribution in [0.15, 0.2) is 65.0 Å². The number of thiophene rings is 1. The number of hydrogen-bond acceptors (Lipinski definition) is 5. The van der Waals surface area contributed by atoms with E-state index in [4.69, 9.17) is 0 Å². The van der Waals surface area contributed by atoms with Gasteiger partial charge in [0.1, 0.15) is 5.82 Å². The van der Waals surface area contributed by atoms with Crippen molar-refractivity contribution in [1.29, 1.82) is 0 Å². The third-order valence-corrected chi connectivity index (χ3v) is 5.93. The van der Waals surface area contributed by atoms with Crippen molar-refractivity contribution in [3.05, 3.63) is 71.5 Å². The lowest BCUT2D eigenvalue weighted by Gasteiger charge is -2.10. The number of nitrogens with zero attached hydrogens (tertiary/aromatic N) is 1. The Morgan fingerprint density at radius 3 is 2.74 bits per heavy atom. The van der Waals surface area contributed by atoms with E-state index in [-0.39, 0.29) is 11.4 Å². The van der Waals surface area contributed by atoms with Gasteiger partial charge in [0.15, 0.2) is 0 Å². The van der Waals surface area contributed by atoms with Gasteiger partial charge in [-0.05, 0) is 41.3 Å². The van der Waals surface area contributed by atoms with Crippen LogP contribution in [0.3, 0.4) is 0 Å². The predicted molar refractivity (Wildman–Crippen MR) is 101 cm³/mol. The quantitative estimate of drug-likeness (QED) is 0.632. The number of amides is 1. The number of nitrogens with one attached hydrogen (secondary N) is 2. The van der Waals surface area contributed by atoms with Gasteiger partial charge in [0.2, 0.25) is 15.9 Å². The van der Waals surface area contributed by atoms with Crippen molar-refractivity contribution in [3.63, 3.8) is 0 Å². The maximum absolute atomic E-state index is 13.2. The van der Waals surface area contributed by atoms with Gasteiger partial charge in [-0.25, -0.2) is 17.5 Å². The van der Waals surface area contributed by atoms with Gasteiger partial charge >= 0.3 is 0 Å². The SMILES string of the molecule is O=C(CNS(=O)(=O)c1cccc(F)c1)NCc1cccnc1-c1cccs1. The van der Waals surface area contributed by atoms with Crippen LogP contribution in [0.1, 0.15) is 5.56 Å². The number of carbonyl (C=O) groups is 1. The lowest BCUT2D eigenvalue weighted by molar-refractivity contribution is -0.120. The molecule has 0 saturated carbocycles. The van der Waals surface area contributed by atoms with Crippen LogP contribution in [0.2, 0.25) is 0 Å². The van der Waals surface area contributed by atoms with Crippen LogP contribution in [-0.4, -0.2) is 25.9 Å². The zero-order chi connectivity index (χ0) is 19.3. The molecule has 0 radical (unpaired) electrons. The minimum absolute atomic E-state index is 0.210. The van der Waals surface area contributed by atoms with Gasteiger partial charge in [0, 0.05) is 12.7 Å². The minimum atomic E-state index is -3.97. The van der Waals surface area contributed by atoms with E-state index in [1.165, 1.54) is 23.5 Å². The number of pyridine rings is 1. The summed E-state index contributed by atoms with van der Waals surface area (Å²) < 4.78 is 39.6. The summed E-state index contributed by atoms with van der Waals surface area (Å²) >= 11 is 1.54. The summed E-state index contributed by atoms with van der Waals surface area (Å²) in [6.45, 7) is -0.241.